The summed E-state index contributed by atoms with van der Waals surface area (Å²) in [7, 11) is 0. The molecule has 2 saturated heterocycles. The quantitative estimate of drug-likeness (QED) is 0.0364. The first-order chi connectivity index (χ1) is 22.5. The molecule has 0 spiro atoms. The molecule has 2 aliphatic rings. The van der Waals surface area contributed by atoms with E-state index in [9.17, 15) is 19.2 Å². The summed E-state index contributed by atoms with van der Waals surface area (Å²) in [6.07, 6.45) is 41.9. The van der Waals surface area contributed by atoms with Crippen molar-refractivity contribution in [1.29, 1.82) is 0 Å². The van der Waals surface area contributed by atoms with Crippen molar-refractivity contribution in [2.45, 2.75) is 194 Å². The molecule has 0 aromatic heterocycles. The Morgan fingerprint density at radius 3 is 1.11 bits per heavy atom. The van der Waals surface area contributed by atoms with Gasteiger partial charge in [0.05, 0.1) is 24.7 Å². The first kappa shape index (κ1) is 41.8. The smallest absolute Gasteiger partial charge is 0.317 e. The number of cyclic esters (lactones) is 4. The van der Waals surface area contributed by atoms with Crippen LogP contribution < -0.4 is 0 Å². The summed E-state index contributed by atoms with van der Waals surface area (Å²) >= 11 is 0. The second kappa shape index (κ2) is 30.1. The van der Waals surface area contributed by atoms with E-state index < -0.39 is 0 Å². The average molecular weight is 645 g/mol. The van der Waals surface area contributed by atoms with Crippen LogP contribution in [0.2, 0.25) is 0 Å². The van der Waals surface area contributed by atoms with Crippen LogP contribution in [0.5, 0.6) is 0 Å². The lowest BCUT2D eigenvalue weighted by Crippen LogP contribution is -2.06. The molecule has 0 N–H and O–H groups in total. The summed E-state index contributed by atoms with van der Waals surface area (Å²) in [5.74, 6) is -1.62. The molecule has 0 radical (unpaired) electrons. The normalized spacial score (nSPS) is 18.0. The van der Waals surface area contributed by atoms with Gasteiger partial charge in [-0.05, 0) is 51.4 Å². The third-order valence-electron chi connectivity index (χ3n) is 9.04. The molecule has 2 fully saturated rings. The van der Waals surface area contributed by atoms with Crippen molar-refractivity contribution in [3.63, 3.8) is 0 Å². The van der Waals surface area contributed by atoms with Gasteiger partial charge in [-0.3, -0.25) is 19.2 Å². The number of esters is 4. The Morgan fingerprint density at radius 2 is 0.783 bits per heavy atom. The van der Waals surface area contributed by atoms with E-state index in [1.165, 1.54) is 135 Å². The number of carbonyl (C=O) groups excluding carboxylic acids is 4. The van der Waals surface area contributed by atoms with E-state index in [-0.39, 0.29) is 35.7 Å². The van der Waals surface area contributed by atoms with Crippen LogP contribution in [-0.2, 0) is 28.7 Å². The van der Waals surface area contributed by atoms with E-state index in [1.54, 1.807) is 0 Å². The monoisotopic (exact) mass is 645 g/mol. The number of rotatable bonds is 28. The second-order valence-electron chi connectivity index (χ2n) is 13.4. The van der Waals surface area contributed by atoms with Crippen molar-refractivity contribution in [1.82, 2.24) is 0 Å². The minimum Gasteiger partial charge on any atom is -0.393 e. The minimum atomic E-state index is -0.346. The molecule has 6 heteroatoms. The van der Waals surface area contributed by atoms with Gasteiger partial charge in [-0.2, -0.15) is 0 Å². The van der Waals surface area contributed by atoms with Crippen molar-refractivity contribution in [3.8, 4) is 0 Å². The average Bonchev–Trinajstić information content (AvgIpc) is 3.54. The highest BCUT2D eigenvalue weighted by molar-refractivity contribution is 5.95. The molecule has 46 heavy (non-hydrogen) atoms. The van der Waals surface area contributed by atoms with Crippen LogP contribution in [0.4, 0.5) is 0 Å². The summed E-state index contributed by atoms with van der Waals surface area (Å²) in [6.45, 7) is 4.40. The van der Waals surface area contributed by atoms with Crippen LogP contribution in [0, 0.1) is 11.8 Å². The van der Waals surface area contributed by atoms with E-state index in [4.69, 9.17) is 0 Å². The third kappa shape index (κ3) is 24.0. The number of hydrogen-bond donors (Lipinski definition) is 0. The fraction of sp³-hybridized carbons (Fsp3) is 0.800. The second-order valence-corrected chi connectivity index (χ2v) is 13.4. The number of hydrogen-bond acceptors (Lipinski definition) is 6. The molecule has 2 unspecified atom stereocenters. The largest absolute Gasteiger partial charge is 0.393 e. The number of unbranched alkanes of at least 4 members (excludes halogenated alkanes) is 20. The molecule has 6 nitrogen and oxygen atoms in total. The van der Waals surface area contributed by atoms with E-state index in [0.717, 1.165) is 32.1 Å². The topological polar surface area (TPSA) is 86.7 Å². The summed E-state index contributed by atoms with van der Waals surface area (Å²) in [5.41, 5.74) is 0. The Morgan fingerprint density at radius 1 is 0.457 bits per heavy atom. The molecule has 2 rings (SSSR count). The van der Waals surface area contributed by atoms with Crippen LogP contribution in [0.3, 0.4) is 0 Å². The van der Waals surface area contributed by atoms with E-state index in [1.807, 2.05) is 0 Å². The van der Waals surface area contributed by atoms with Crippen molar-refractivity contribution in [2.75, 3.05) is 0 Å². The Balaban J connectivity index is 0.000000460. The summed E-state index contributed by atoms with van der Waals surface area (Å²) in [6, 6.07) is 0. The van der Waals surface area contributed by atoms with Gasteiger partial charge in [-0.15, -0.1) is 0 Å². The van der Waals surface area contributed by atoms with Crippen molar-refractivity contribution < 1.29 is 28.7 Å². The van der Waals surface area contributed by atoms with Crippen LogP contribution >= 0.6 is 0 Å². The van der Waals surface area contributed by atoms with Gasteiger partial charge in [0.15, 0.2) is 0 Å². The Labute approximate surface area is 281 Å². The van der Waals surface area contributed by atoms with Gasteiger partial charge in [0, 0.05) is 0 Å². The third-order valence-corrected chi connectivity index (χ3v) is 9.04. The molecule has 264 valence electrons. The lowest BCUT2D eigenvalue weighted by Gasteiger charge is -2.04. The summed E-state index contributed by atoms with van der Waals surface area (Å²) in [4.78, 5) is 44.5. The molecule has 2 atom stereocenters. The lowest BCUT2D eigenvalue weighted by molar-refractivity contribution is -0.155. The first-order valence-corrected chi connectivity index (χ1v) is 19.3. The molecule has 0 aliphatic carbocycles. The van der Waals surface area contributed by atoms with Gasteiger partial charge in [0.25, 0.3) is 0 Å². The fourth-order valence-electron chi connectivity index (χ4n) is 6.13. The van der Waals surface area contributed by atoms with Crippen LogP contribution in [0.25, 0.3) is 0 Å². The van der Waals surface area contributed by atoms with Crippen molar-refractivity contribution in [2.24, 2.45) is 11.8 Å². The van der Waals surface area contributed by atoms with Gasteiger partial charge in [0.2, 0.25) is 0 Å². The van der Waals surface area contributed by atoms with Gasteiger partial charge in [-0.1, -0.05) is 154 Å². The highest BCUT2D eigenvalue weighted by Gasteiger charge is 2.33. The van der Waals surface area contributed by atoms with Gasteiger partial charge in [0.1, 0.15) is 0 Å². The highest BCUT2D eigenvalue weighted by atomic mass is 16.6. The van der Waals surface area contributed by atoms with Crippen molar-refractivity contribution >= 4 is 23.9 Å². The summed E-state index contributed by atoms with van der Waals surface area (Å²) < 4.78 is 9.12. The number of carbonyl (C=O) groups is 4. The maximum Gasteiger partial charge on any atom is 0.317 e. The molecular weight excluding hydrogens is 576 g/mol. The van der Waals surface area contributed by atoms with Gasteiger partial charge >= 0.3 is 23.9 Å². The lowest BCUT2D eigenvalue weighted by atomic mass is 9.98. The standard InChI is InChI=1S/2C20H34O3/c2*1-2-3-4-5-6-7-8-9-10-11-12-13-14-15-16-18-17-19(21)23-20(18)22/h4-5,18H,2-3,6-17H2,1H3;3-4,18H,2,5-17H2,1H3. The minimum absolute atomic E-state index is 0.158. The molecule has 0 bridgehead atoms. The Hall–Kier alpha value is -2.24. The zero-order valence-corrected chi connectivity index (χ0v) is 29.7. The first-order valence-electron chi connectivity index (χ1n) is 19.3. The van der Waals surface area contributed by atoms with Gasteiger partial charge in [-0.25, -0.2) is 0 Å². The zero-order chi connectivity index (χ0) is 33.5. The predicted molar refractivity (Wildman–Crippen MR) is 188 cm³/mol. The molecular formula is C40H68O6. The van der Waals surface area contributed by atoms with Crippen molar-refractivity contribution in [3.05, 3.63) is 24.3 Å². The van der Waals surface area contributed by atoms with Gasteiger partial charge < -0.3 is 9.47 Å². The summed E-state index contributed by atoms with van der Waals surface area (Å²) in [5, 5.41) is 0. The maximum absolute atomic E-state index is 11.3. The molecule has 2 heterocycles. The van der Waals surface area contributed by atoms with E-state index >= 15 is 0 Å². The van der Waals surface area contributed by atoms with E-state index in [2.05, 4.69) is 47.6 Å². The number of ether oxygens (including phenoxy) is 2. The van der Waals surface area contributed by atoms with Crippen LogP contribution in [-0.4, -0.2) is 23.9 Å². The molecule has 0 saturated carbocycles. The number of allylic oxidation sites excluding steroid dienone is 4. The van der Waals surface area contributed by atoms with E-state index in [0.29, 0.717) is 12.8 Å². The van der Waals surface area contributed by atoms with Crippen LogP contribution in [0.15, 0.2) is 24.3 Å². The molecule has 0 aromatic rings. The van der Waals surface area contributed by atoms with Crippen LogP contribution in [0.1, 0.15) is 194 Å². The molecule has 0 amide bonds. The predicted octanol–water partition coefficient (Wildman–Crippen LogP) is 11.4. The SMILES string of the molecule is CCC=CCCCCCCCCCCCCC1CC(=O)OC1=O.CCCC=CCCCCCCCCCCCC1CC(=O)OC1=O. The zero-order valence-electron chi connectivity index (χ0n) is 29.7. The fourth-order valence-corrected chi connectivity index (χ4v) is 6.13. The Bertz CT molecular complexity index is 860. The molecule has 2 aliphatic heterocycles. The molecule has 0 aromatic carbocycles. The Kier molecular flexibility index (Phi) is 27.4. The maximum atomic E-state index is 11.3. The highest BCUT2D eigenvalue weighted by Crippen LogP contribution is 2.24.